The predicted octanol–water partition coefficient (Wildman–Crippen LogP) is 24.5. The lowest BCUT2D eigenvalue weighted by atomic mass is 10.0. The lowest BCUT2D eigenvalue weighted by molar-refractivity contribution is -0.143. The summed E-state index contributed by atoms with van der Waals surface area (Å²) in [4.78, 5) is 24.7. The number of unbranched alkanes of at least 4 members (excludes halogenated alkanes) is 56. The van der Waals surface area contributed by atoms with Crippen molar-refractivity contribution < 1.29 is 24.5 Å². The van der Waals surface area contributed by atoms with Crippen LogP contribution in [0.4, 0.5) is 0 Å². The minimum absolute atomic E-state index is 0.00912. The van der Waals surface area contributed by atoms with E-state index in [1.807, 2.05) is 0 Å². The van der Waals surface area contributed by atoms with Crippen molar-refractivity contribution in [2.75, 3.05) is 13.2 Å². The molecule has 0 heterocycles. The summed E-state index contributed by atoms with van der Waals surface area (Å²) < 4.78 is 5.51. The Morgan fingerprint density at radius 1 is 0.329 bits per heavy atom. The highest BCUT2D eigenvalue weighted by Crippen LogP contribution is 2.19. The van der Waals surface area contributed by atoms with Gasteiger partial charge < -0.3 is 20.3 Å². The summed E-state index contributed by atoms with van der Waals surface area (Å²) in [7, 11) is 0. The SMILES string of the molecule is CCCCCCCC/C=C\CCCCCCCCCCCC(=O)OCCCCCCCCCCCC/C=C\CCCCCCCCCC(=O)NC(CO)C(O)CCCCCCCCCCCCCCCCCCCCCCCCCCC. The van der Waals surface area contributed by atoms with Crippen molar-refractivity contribution in [3.8, 4) is 0 Å². The van der Waals surface area contributed by atoms with Gasteiger partial charge in [0.1, 0.15) is 0 Å². The number of aliphatic hydroxyl groups is 2. The third-order valence-electron chi connectivity index (χ3n) is 17.7. The Labute approximate surface area is 513 Å². The predicted molar refractivity (Wildman–Crippen MR) is 361 cm³/mol. The maximum atomic E-state index is 12.6. The van der Waals surface area contributed by atoms with Crippen LogP contribution in [-0.2, 0) is 14.3 Å². The van der Waals surface area contributed by atoms with Crippen molar-refractivity contribution in [3.63, 3.8) is 0 Å². The van der Waals surface area contributed by atoms with Crippen LogP contribution in [0.1, 0.15) is 425 Å². The number of carbonyl (C=O) groups excluding carboxylic acids is 2. The fraction of sp³-hybridized carbons (Fsp3) is 0.921. The van der Waals surface area contributed by atoms with Crippen LogP contribution in [0.3, 0.4) is 0 Å². The van der Waals surface area contributed by atoms with E-state index in [0.717, 1.165) is 44.9 Å². The second kappa shape index (κ2) is 71.8. The van der Waals surface area contributed by atoms with E-state index in [1.54, 1.807) is 0 Å². The van der Waals surface area contributed by atoms with Gasteiger partial charge in [-0.3, -0.25) is 9.59 Å². The molecule has 0 spiro atoms. The second-order valence-corrected chi connectivity index (χ2v) is 26.0. The number of rotatable bonds is 71. The van der Waals surface area contributed by atoms with Gasteiger partial charge in [-0.2, -0.15) is 0 Å². The monoisotopic (exact) mass is 1150 g/mol. The molecule has 1 amide bonds. The molecule has 0 aliphatic rings. The van der Waals surface area contributed by atoms with Crippen LogP contribution in [0.5, 0.6) is 0 Å². The van der Waals surface area contributed by atoms with Crippen LogP contribution in [0.25, 0.3) is 0 Å². The standard InChI is InChI=1S/C76H147NO5/c1-3-5-7-9-11-13-15-17-19-21-23-24-25-26-27-29-33-36-40-44-48-52-56-60-64-68-74(79)73(72-78)77-75(80)69-65-61-57-53-49-45-41-37-34-30-28-31-35-39-43-47-51-55-59-63-67-71-82-76(81)70-66-62-58-54-50-46-42-38-32-22-20-18-16-14-12-10-8-6-4-2/h18,20,30,34,73-74,78-79H,3-17,19,21-29,31-33,35-72H2,1-2H3,(H,77,80)/b20-18-,34-30-. The van der Waals surface area contributed by atoms with Crippen LogP contribution in [0.2, 0.25) is 0 Å². The van der Waals surface area contributed by atoms with Gasteiger partial charge in [-0.05, 0) is 77.0 Å². The number of nitrogens with one attached hydrogen (secondary N) is 1. The van der Waals surface area contributed by atoms with E-state index in [4.69, 9.17) is 4.74 Å². The molecular weight excluding hydrogens is 1010 g/mol. The van der Waals surface area contributed by atoms with E-state index >= 15 is 0 Å². The number of aliphatic hydroxyl groups excluding tert-OH is 2. The second-order valence-electron chi connectivity index (χ2n) is 26.0. The highest BCUT2D eigenvalue weighted by molar-refractivity contribution is 5.76. The minimum Gasteiger partial charge on any atom is -0.466 e. The smallest absolute Gasteiger partial charge is 0.305 e. The van der Waals surface area contributed by atoms with Crippen molar-refractivity contribution in [1.82, 2.24) is 5.32 Å². The number of hydrogen-bond donors (Lipinski definition) is 3. The average Bonchev–Trinajstić information content (AvgIpc) is 3.48. The van der Waals surface area contributed by atoms with E-state index < -0.39 is 12.1 Å². The number of amides is 1. The van der Waals surface area contributed by atoms with Crippen LogP contribution in [0, 0.1) is 0 Å². The Hall–Kier alpha value is -1.66. The van der Waals surface area contributed by atoms with Crippen molar-refractivity contribution in [3.05, 3.63) is 24.3 Å². The molecule has 0 fully saturated rings. The Kier molecular flexibility index (Phi) is 70.4. The minimum atomic E-state index is -0.671. The fourth-order valence-electron chi connectivity index (χ4n) is 12.0. The molecule has 0 aromatic carbocycles. The van der Waals surface area contributed by atoms with E-state index in [1.165, 1.54) is 347 Å². The van der Waals surface area contributed by atoms with Crippen LogP contribution < -0.4 is 5.32 Å². The number of esters is 1. The van der Waals surface area contributed by atoms with Gasteiger partial charge in [0.05, 0.1) is 25.4 Å². The Morgan fingerprint density at radius 2 is 0.573 bits per heavy atom. The van der Waals surface area contributed by atoms with E-state index in [9.17, 15) is 19.8 Å². The first kappa shape index (κ1) is 80.3. The first-order chi connectivity index (χ1) is 40.5. The zero-order valence-electron chi connectivity index (χ0n) is 55.8. The molecular formula is C76H147NO5. The molecule has 6 heteroatoms. The molecule has 0 radical (unpaired) electrons. The highest BCUT2D eigenvalue weighted by atomic mass is 16.5. The van der Waals surface area contributed by atoms with Crippen molar-refractivity contribution >= 4 is 11.9 Å². The number of hydrogen-bond acceptors (Lipinski definition) is 5. The van der Waals surface area contributed by atoms with Crippen LogP contribution in [-0.4, -0.2) is 47.4 Å². The number of allylic oxidation sites excluding steroid dienone is 4. The van der Waals surface area contributed by atoms with Gasteiger partial charge >= 0.3 is 5.97 Å². The van der Waals surface area contributed by atoms with Gasteiger partial charge in [0.2, 0.25) is 5.91 Å². The zero-order chi connectivity index (χ0) is 59.2. The number of ether oxygens (including phenoxy) is 1. The maximum Gasteiger partial charge on any atom is 0.305 e. The Balaban J connectivity index is 3.40. The maximum absolute atomic E-state index is 12.6. The Bertz CT molecular complexity index is 1280. The van der Waals surface area contributed by atoms with Gasteiger partial charge in [-0.25, -0.2) is 0 Å². The van der Waals surface area contributed by atoms with E-state index in [-0.39, 0.29) is 18.5 Å². The largest absolute Gasteiger partial charge is 0.466 e. The molecule has 0 rings (SSSR count). The first-order valence-corrected chi connectivity index (χ1v) is 37.6. The summed E-state index contributed by atoms with van der Waals surface area (Å²) >= 11 is 0. The normalized spacial score (nSPS) is 12.6. The zero-order valence-corrected chi connectivity index (χ0v) is 55.8. The van der Waals surface area contributed by atoms with E-state index in [0.29, 0.717) is 25.9 Å². The molecule has 2 unspecified atom stereocenters. The molecule has 2 atom stereocenters. The summed E-state index contributed by atoms with van der Waals surface area (Å²) in [6.45, 7) is 4.99. The summed E-state index contributed by atoms with van der Waals surface area (Å²) in [5.41, 5.74) is 0. The highest BCUT2D eigenvalue weighted by Gasteiger charge is 2.20. The van der Waals surface area contributed by atoms with Gasteiger partial charge in [0.15, 0.2) is 0 Å². The van der Waals surface area contributed by atoms with Crippen LogP contribution >= 0.6 is 0 Å². The van der Waals surface area contributed by atoms with Crippen LogP contribution in [0.15, 0.2) is 24.3 Å². The van der Waals surface area contributed by atoms with Crippen molar-refractivity contribution in [2.24, 2.45) is 0 Å². The van der Waals surface area contributed by atoms with Gasteiger partial charge in [-0.15, -0.1) is 0 Å². The Morgan fingerprint density at radius 3 is 0.866 bits per heavy atom. The summed E-state index contributed by atoms with van der Waals surface area (Å²) in [5.74, 6) is -0.0285. The van der Waals surface area contributed by atoms with Crippen molar-refractivity contribution in [1.29, 1.82) is 0 Å². The molecule has 0 aromatic rings. The van der Waals surface area contributed by atoms with Gasteiger partial charge in [0, 0.05) is 12.8 Å². The fourth-order valence-corrected chi connectivity index (χ4v) is 12.0. The number of carbonyl (C=O) groups is 2. The molecule has 0 aromatic heterocycles. The molecule has 6 nitrogen and oxygen atoms in total. The quantitative estimate of drug-likeness (QED) is 0.0320. The lowest BCUT2D eigenvalue weighted by Crippen LogP contribution is -2.45. The first-order valence-electron chi connectivity index (χ1n) is 37.6. The third kappa shape index (κ3) is 67.5. The lowest BCUT2D eigenvalue weighted by Gasteiger charge is -2.22. The molecule has 486 valence electrons. The molecule has 82 heavy (non-hydrogen) atoms. The molecule has 0 aliphatic heterocycles. The third-order valence-corrected chi connectivity index (χ3v) is 17.7. The molecule has 0 saturated carbocycles. The van der Waals surface area contributed by atoms with Crippen molar-refractivity contribution in [2.45, 2.75) is 437 Å². The molecule has 3 N–H and O–H groups in total. The topological polar surface area (TPSA) is 95.9 Å². The average molecular weight is 1160 g/mol. The van der Waals surface area contributed by atoms with Gasteiger partial charge in [-0.1, -0.05) is 359 Å². The van der Waals surface area contributed by atoms with E-state index in [2.05, 4.69) is 43.5 Å². The summed E-state index contributed by atoms with van der Waals surface area (Å²) in [6, 6.07) is -0.549. The molecule has 0 saturated heterocycles. The summed E-state index contributed by atoms with van der Waals surface area (Å²) in [5, 5.41) is 23.5. The molecule has 0 bridgehead atoms. The summed E-state index contributed by atoms with van der Waals surface area (Å²) in [6.07, 6.45) is 90.9. The molecule has 0 aliphatic carbocycles. The van der Waals surface area contributed by atoms with Gasteiger partial charge in [0.25, 0.3) is 0 Å².